The second-order valence-electron chi connectivity index (χ2n) is 4.53. The highest BCUT2D eigenvalue weighted by Crippen LogP contribution is 2.42. The van der Waals surface area contributed by atoms with Crippen LogP contribution in [0.1, 0.15) is 17.9 Å². The molecule has 1 aromatic carbocycles. The number of nitro groups is 1. The summed E-state index contributed by atoms with van der Waals surface area (Å²) in [5.74, 6) is 0.675. The number of benzene rings is 1. The van der Waals surface area contributed by atoms with Gasteiger partial charge in [0.05, 0.1) is 18.1 Å². The standard InChI is InChI=1S/C14H16N2O4S/c1-9(17)13-8-12(16(18)19)14(21-13)15(2)10-5-4-6-11(7-10)20-3/h4-9,17H,1-3H3/t9-/m1/s1. The summed E-state index contributed by atoms with van der Waals surface area (Å²) in [5.41, 5.74) is 0.762. The predicted molar refractivity (Wildman–Crippen MR) is 82.7 cm³/mol. The molecule has 7 heteroatoms. The Morgan fingerprint density at radius 2 is 2.14 bits per heavy atom. The molecule has 0 aliphatic rings. The van der Waals surface area contributed by atoms with Crippen LogP contribution in [-0.4, -0.2) is 24.2 Å². The Hall–Kier alpha value is -2.12. The van der Waals surface area contributed by atoms with Crippen LogP contribution in [0.3, 0.4) is 0 Å². The number of nitrogens with zero attached hydrogens (tertiary/aromatic N) is 2. The topological polar surface area (TPSA) is 75.8 Å². The van der Waals surface area contributed by atoms with Gasteiger partial charge < -0.3 is 14.7 Å². The maximum absolute atomic E-state index is 11.2. The van der Waals surface area contributed by atoms with E-state index in [2.05, 4.69) is 0 Å². The number of rotatable bonds is 5. The quantitative estimate of drug-likeness (QED) is 0.676. The molecular formula is C14H16N2O4S. The molecule has 6 nitrogen and oxygen atoms in total. The van der Waals surface area contributed by atoms with Gasteiger partial charge in [0, 0.05) is 29.7 Å². The van der Waals surface area contributed by atoms with Gasteiger partial charge in [-0.1, -0.05) is 6.07 Å². The van der Waals surface area contributed by atoms with E-state index >= 15 is 0 Å². The molecule has 2 rings (SSSR count). The summed E-state index contributed by atoms with van der Waals surface area (Å²) in [5, 5.41) is 21.3. The molecule has 0 radical (unpaired) electrons. The van der Waals surface area contributed by atoms with E-state index in [4.69, 9.17) is 4.74 Å². The van der Waals surface area contributed by atoms with Crippen LogP contribution >= 0.6 is 11.3 Å². The van der Waals surface area contributed by atoms with Gasteiger partial charge in [-0.2, -0.15) is 0 Å². The summed E-state index contributed by atoms with van der Waals surface area (Å²) in [6.45, 7) is 1.59. The first-order chi connectivity index (χ1) is 9.93. The van der Waals surface area contributed by atoms with Crippen LogP contribution in [0.25, 0.3) is 0 Å². The fourth-order valence-corrected chi connectivity index (χ4v) is 2.95. The number of ether oxygens (including phenoxy) is 1. The van der Waals surface area contributed by atoms with Crippen molar-refractivity contribution in [3.8, 4) is 5.75 Å². The number of methoxy groups -OCH3 is 1. The SMILES string of the molecule is COc1cccc(N(C)c2sc([C@@H](C)O)cc2[N+](=O)[O-])c1. The molecule has 0 amide bonds. The highest BCUT2D eigenvalue weighted by atomic mass is 32.1. The first-order valence-electron chi connectivity index (χ1n) is 6.28. The smallest absolute Gasteiger partial charge is 0.304 e. The maximum Gasteiger partial charge on any atom is 0.304 e. The predicted octanol–water partition coefficient (Wildman–Crippen LogP) is 3.49. The minimum atomic E-state index is -0.735. The van der Waals surface area contributed by atoms with Crippen molar-refractivity contribution >= 4 is 27.7 Å². The summed E-state index contributed by atoms with van der Waals surface area (Å²) in [4.78, 5) is 13.0. The first kappa shape index (κ1) is 15.3. The van der Waals surface area contributed by atoms with Gasteiger partial charge in [0.25, 0.3) is 0 Å². The van der Waals surface area contributed by atoms with Gasteiger partial charge in [0.15, 0.2) is 5.00 Å². The zero-order valence-electron chi connectivity index (χ0n) is 11.9. The second kappa shape index (κ2) is 6.11. The molecule has 0 saturated carbocycles. The maximum atomic E-state index is 11.2. The molecule has 21 heavy (non-hydrogen) atoms. The molecule has 2 aromatic rings. The lowest BCUT2D eigenvalue weighted by atomic mass is 10.2. The summed E-state index contributed by atoms with van der Waals surface area (Å²) >= 11 is 1.21. The molecule has 0 unspecified atom stereocenters. The number of hydrogen-bond acceptors (Lipinski definition) is 6. The molecular weight excluding hydrogens is 292 g/mol. The van der Waals surface area contributed by atoms with Crippen molar-refractivity contribution in [2.45, 2.75) is 13.0 Å². The van der Waals surface area contributed by atoms with Crippen molar-refractivity contribution in [1.82, 2.24) is 0 Å². The normalized spacial score (nSPS) is 12.0. The number of aliphatic hydroxyl groups is 1. The molecule has 0 spiro atoms. The molecule has 0 saturated heterocycles. The average molecular weight is 308 g/mol. The fraction of sp³-hybridized carbons (Fsp3) is 0.286. The van der Waals surface area contributed by atoms with Crippen molar-refractivity contribution in [2.24, 2.45) is 0 Å². The van der Waals surface area contributed by atoms with Gasteiger partial charge in [-0.05, 0) is 19.1 Å². The van der Waals surface area contributed by atoms with E-state index in [-0.39, 0.29) is 5.69 Å². The van der Waals surface area contributed by atoms with Crippen molar-refractivity contribution in [1.29, 1.82) is 0 Å². The zero-order valence-corrected chi connectivity index (χ0v) is 12.8. The molecule has 1 aromatic heterocycles. The minimum absolute atomic E-state index is 0.0128. The molecule has 0 fully saturated rings. The van der Waals surface area contributed by atoms with Crippen LogP contribution in [0.2, 0.25) is 0 Å². The van der Waals surface area contributed by atoms with Gasteiger partial charge in [0.2, 0.25) is 0 Å². The Kier molecular flexibility index (Phi) is 4.44. The molecule has 112 valence electrons. The molecule has 1 heterocycles. The fourth-order valence-electron chi connectivity index (χ4n) is 1.90. The summed E-state index contributed by atoms with van der Waals surface area (Å²) in [6, 6.07) is 8.68. The van der Waals surface area contributed by atoms with Crippen LogP contribution in [-0.2, 0) is 0 Å². The molecule has 0 aliphatic carbocycles. The first-order valence-corrected chi connectivity index (χ1v) is 7.09. The van der Waals surface area contributed by atoms with Crippen LogP contribution in [0, 0.1) is 10.1 Å². The highest BCUT2D eigenvalue weighted by Gasteiger charge is 2.24. The van der Waals surface area contributed by atoms with E-state index in [1.54, 1.807) is 38.1 Å². The number of anilines is 2. The summed E-state index contributed by atoms with van der Waals surface area (Å²) in [6.07, 6.45) is -0.735. The van der Waals surface area contributed by atoms with Gasteiger partial charge in [-0.3, -0.25) is 10.1 Å². The largest absolute Gasteiger partial charge is 0.497 e. The monoisotopic (exact) mass is 308 g/mol. The number of hydrogen-bond donors (Lipinski definition) is 1. The van der Waals surface area contributed by atoms with Crippen LogP contribution < -0.4 is 9.64 Å². The van der Waals surface area contributed by atoms with Gasteiger partial charge >= 0.3 is 5.69 Å². The van der Waals surface area contributed by atoms with Crippen molar-refractivity contribution in [3.63, 3.8) is 0 Å². The van der Waals surface area contributed by atoms with E-state index in [1.165, 1.54) is 17.4 Å². The van der Waals surface area contributed by atoms with E-state index < -0.39 is 11.0 Å². The molecule has 0 aliphatic heterocycles. The zero-order chi connectivity index (χ0) is 15.6. The second-order valence-corrected chi connectivity index (χ2v) is 5.59. The van der Waals surface area contributed by atoms with Crippen molar-refractivity contribution in [2.75, 3.05) is 19.1 Å². The van der Waals surface area contributed by atoms with E-state index in [9.17, 15) is 15.2 Å². The number of thiophene rings is 1. The third-order valence-electron chi connectivity index (χ3n) is 3.07. The Bertz CT molecular complexity index is 654. The summed E-state index contributed by atoms with van der Waals surface area (Å²) < 4.78 is 5.16. The van der Waals surface area contributed by atoms with E-state index in [0.717, 1.165) is 5.69 Å². The Morgan fingerprint density at radius 1 is 1.43 bits per heavy atom. The third kappa shape index (κ3) is 3.14. The van der Waals surface area contributed by atoms with E-state index in [0.29, 0.717) is 15.6 Å². The van der Waals surface area contributed by atoms with Crippen molar-refractivity contribution in [3.05, 3.63) is 45.3 Å². The highest BCUT2D eigenvalue weighted by molar-refractivity contribution is 7.16. The molecule has 1 N–H and O–H groups in total. The van der Waals surface area contributed by atoms with Gasteiger partial charge in [-0.15, -0.1) is 11.3 Å². The third-order valence-corrected chi connectivity index (χ3v) is 4.44. The van der Waals surface area contributed by atoms with Gasteiger partial charge in [0.1, 0.15) is 5.75 Å². The molecule has 0 bridgehead atoms. The molecule has 1 atom stereocenters. The average Bonchev–Trinajstić information content (AvgIpc) is 2.92. The lowest BCUT2D eigenvalue weighted by Gasteiger charge is -2.17. The Balaban J connectivity index is 2.46. The van der Waals surface area contributed by atoms with Crippen LogP contribution in [0.15, 0.2) is 30.3 Å². The Labute approximate surface area is 126 Å². The lowest BCUT2D eigenvalue weighted by Crippen LogP contribution is -2.09. The van der Waals surface area contributed by atoms with Crippen LogP contribution in [0.5, 0.6) is 5.75 Å². The van der Waals surface area contributed by atoms with Gasteiger partial charge in [-0.25, -0.2) is 0 Å². The van der Waals surface area contributed by atoms with Crippen molar-refractivity contribution < 1.29 is 14.8 Å². The summed E-state index contributed by atoms with van der Waals surface area (Å²) in [7, 11) is 3.32. The van der Waals surface area contributed by atoms with E-state index in [1.807, 2.05) is 12.1 Å². The number of aliphatic hydroxyl groups excluding tert-OH is 1. The van der Waals surface area contributed by atoms with Crippen LogP contribution in [0.4, 0.5) is 16.4 Å². The Morgan fingerprint density at radius 3 is 2.71 bits per heavy atom. The minimum Gasteiger partial charge on any atom is -0.497 e. The lowest BCUT2D eigenvalue weighted by molar-refractivity contribution is -0.383.